The van der Waals surface area contributed by atoms with E-state index in [4.69, 9.17) is 14.2 Å². The standard InChI is InChI=1S/C22H28N2O5/c1-4-5-11-28-17(15-27-10-6-9-25)14-24-20-18-12-16(13-23)7-8-19(18)29-22(2,3)21(20)26/h4,7-9,12,15,20-21,24,26H,1,5-6,10-11,14H2,2-3H3/b17-15-. The van der Waals surface area contributed by atoms with E-state index in [9.17, 15) is 15.2 Å². The monoisotopic (exact) mass is 400 g/mol. The van der Waals surface area contributed by atoms with Crippen LogP contribution in [0.15, 0.2) is 42.9 Å². The molecular formula is C22H28N2O5. The summed E-state index contributed by atoms with van der Waals surface area (Å²) in [6.07, 6.45) is 4.13. The Labute approximate surface area is 171 Å². The van der Waals surface area contributed by atoms with Crippen LogP contribution in [0.5, 0.6) is 5.75 Å². The molecule has 0 aromatic heterocycles. The molecule has 0 aliphatic carbocycles. The van der Waals surface area contributed by atoms with E-state index < -0.39 is 17.7 Å². The zero-order chi connectivity index (χ0) is 21.3. The van der Waals surface area contributed by atoms with Crippen LogP contribution in [0.3, 0.4) is 0 Å². The number of aliphatic hydroxyl groups excluding tert-OH is 1. The number of carbonyl (C=O) groups is 1. The highest BCUT2D eigenvalue weighted by Crippen LogP contribution is 2.40. The van der Waals surface area contributed by atoms with Gasteiger partial charge in [0.05, 0.1) is 37.4 Å². The van der Waals surface area contributed by atoms with Crippen LogP contribution < -0.4 is 10.1 Å². The van der Waals surface area contributed by atoms with E-state index in [1.807, 2.05) is 13.8 Å². The Morgan fingerprint density at radius 1 is 1.41 bits per heavy atom. The molecule has 0 bridgehead atoms. The van der Waals surface area contributed by atoms with E-state index >= 15 is 0 Å². The van der Waals surface area contributed by atoms with E-state index in [-0.39, 0.29) is 13.2 Å². The Balaban J connectivity index is 2.18. The summed E-state index contributed by atoms with van der Waals surface area (Å²) in [6.45, 7) is 8.28. The number of nitriles is 1. The summed E-state index contributed by atoms with van der Waals surface area (Å²) in [6, 6.07) is 6.80. The number of fused-ring (bicyclic) bond motifs is 1. The molecule has 29 heavy (non-hydrogen) atoms. The maximum atomic E-state index is 10.9. The highest BCUT2D eigenvalue weighted by molar-refractivity contribution is 5.49. The maximum absolute atomic E-state index is 10.9. The summed E-state index contributed by atoms with van der Waals surface area (Å²) in [5.74, 6) is 1.16. The van der Waals surface area contributed by atoms with Crippen LogP contribution in [0.25, 0.3) is 0 Å². The van der Waals surface area contributed by atoms with Gasteiger partial charge in [-0.15, -0.1) is 6.58 Å². The highest BCUT2D eigenvalue weighted by Gasteiger charge is 2.42. The summed E-state index contributed by atoms with van der Waals surface area (Å²) in [5, 5.41) is 23.4. The lowest BCUT2D eigenvalue weighted by Gasteiger charge is -2.42. The number of hydrogen-bond donors (Lipinski definition) is 2. The third-order valence-electron chi connectivity index (χ3n) is 4.55. The van der Waals surface area contributed by atoms with Gasteiger partial charge in [-0.2, -0.15) is 5.26 Å². The first kappa shape index (κ1) is 22.5. The fraction of sp³-hybridized carbons (Fsp3) is 0.455. The first-order valence-electron chi connectivity index (χ1n) is 9.55. The fourth-order valence-electron chi connectivity index (χ4n) is 2.97. The van der Waals surface area contributed by atoms with Crippen LogP contribution in [-0.4, -0.2) is 42.9 Å². The molecule has 1 aromatic carbocycles. The third-order valence-corrected chi connectivity index (χ3v) is 4.55. The van der Waals surface area contributed by atoms with Crippen molar-refractivity contribution >= 4 is 6.29 Å². The van der Waals surface area contributed by atoms with Crippen molar-refractivity contribution in [3.8, 4) is 11.8 Å². The second-order valence-corrected chi connectivity index (χ2v) is 7.21. The van der Waals surface area contributed by atoms with Crippen LogP contribution in [0, 0.1) is 11.3 Å². The molecule has 0 spiro atoms. The molecule has 0 fully saturated rings. The predicted molar refractivity (Wildman–Crippen MR) is 108 cm³/mol. The molecule has 1 aliphatic heterocycles. The van der Waals surface area contributed by atoms with E-state index in [1.165, 1.54) is 6.26 Å². The summed E-state index contributed by atoms with van der Waals surface area (Å²) in [7, 11) is 0. The van der Waals surface area contributed by atoms with Crippen LogP contribution in [-0.2, 0) is 14.3 Å². The Kier molecular flexibility index (Phi) is 8.25. The van der Waals surface area contributed by atoms with Crippen molar-refractivity contribution < 1.29 is 24.1 Å². The SMILES string of the molecule is C=CCCO/C(=C\OCCC=O)CNC1c2cc(C#N)ccc2OC(C)(C)C1O. The van der Waals surface area contributed by atoms with Crippen molar-refractivity contribution in [3.63, 3.8) is 0 Å². The molecule has 2 N–H and O–H groups in total. The normalized spacial score (nSPS) is 20.0. The van der Waals surface area contributed by atoms with Crippen molar-refractivity contribution in [1.29, 1.82) is 5.26 Å². The molecule has 7 nitrogen and oxygen atoms in total. The summed E-state index contributed by atoms with van der Waals surface area (Å²) < 4.78 is 17.0. The molecule has 2 unspecified atom stereocenters. The van der Waals surface area contributed by atoms with Gasteiger partial charge in [-0.05, 0) is 38.5 Å². The smallest absolute Gasteiger partial charge is 0.144 e. The number of rotatable bonds is 11. The van der Waals surface area contributed by atoms with Gasteiger partial charge in [0.25, 0.3) is 0 Å². The molecule has 7 heteroatoms. The van der Waals surface area contributed by atoms with Gasteiger partial charge in [0.15, 0.2) is 0 Å². The first-order valence-corrected chi connectivity index (χ1v) is 9.55. The summed E-state index contributed by atoms with van der Waals surface area (Å²) >= 11 is 0. The Bertz CT molecular complexity index is 782. The van der Waals surface area contributed by atoms with Gasteiger partial charge in [-0.1, -0.05) is 6.08 Å². The molecule has 2 atom stereocenters. The fourth-order valence-corrected chi connectivity index (χ4v) is 2.97. The Morgan fingerprint density at radius 2 is 2.21 bits per heavy atom. The number of aldehydes is 1. The molecule has 1 aliphatic rings. The highest BCUT2D eigenvalue weighted by atomic mass is 16.5. The quantitative estimate of drug-likeness (QED) is 0.255. The van der Waals surface area contributed by atoms with E-state index in [2.05, 4.69) is 18.0 Å². The number of ether oxygens (including phenoxy) is 3. The minimum Gasteiger partial charge on any atom is -0.497 e. The lowest BCUT2D eigenvalue weighted by atomic mass is 9.86. The van der Waals surface area contributed by atoms with Gasteiger partial charge in [0.2, 0.25) is 0 Å². The summed E-state index contributed by atoms with van der Waals surface area (Å²) in [4.78, 5) is 10.4. The van der Waals surface area contributed by atoms with Crippen LogP contribution in [0.1, 0.15) is 43.9 Å². The minimum atomic E-state index is -0.852. The first-order chi connectivity index (χ1) is 13.9. The van der Waals surface area contributed by atoms with E-state index in [0.29, 0.717) is 42.1 Å². The molecule has 156 valence electrons. The topological polar surface area (TPSA) is 101 Å². The molecule has 2 rings (SSSR count). The lowest BCUT2D eigenvalue weighted by Crippen LogP contribution is -2.52. The second kappa shape index (κ2) is 10.6. The molecule has 1 heterocycles. The van der Waals surface area contributed by atoms with E-state index in [1.54, 1.807) is 24.3 Å². The van der Waals surface area contributed by atoms with Crippen molar-refractivity contribution in [2.75, 3.05) is 19.8 Å². The number of hydrogen-bond acceptors (Lipinski definition) is 7. The van der Waals surface area contributed by atoms with Crippen molar-refractivity contribution in [3.05, 3.63) is 54.0 Å². The molecule has 0 saturated heterocycles. The van der Waals surface area contributed by atoms with Crippen LogP contribution in [0.2, 0.25) is 0 Å². The number of nitrogens with zero attached hydrogens (tertiary/aromatic N) is 1. The second-order valence-electron chi connectivity index (χ2n) is 7.21. The zero-order valence-corrected chi connectivity index (χ0v) is 16.9. The Hall–Kier alpha value is -2.82. The van der Waals surface area contributed by atoms with Gasteiger partial charge in [0, 0.05) is 12.0 Å². The van der Waals surface area contributed by atoms with Crippen molar-refractivity contribution in [2.45, 2.75) is 44.4 Å². The lowest BCUT2D eigenvalue weighted by molar-refractivity contribution is -0.108. The molecule has 1 aromatic rings. The average molecular weight is 400 g/mol. The largest absolute Gasteiger partial charge is 0.497 e. The zero-order valence-electron chi connectivity index (χ0n) is 16.9. The molecule has 0 saturated carbocycles. The minimum absolute atomic E-state index is 0.263. The average Bonchev–Trinajstić information content (AvgIpc) is 2.70. The number of aliphatic hydroxyl groups is 1. The number of nitrogens with one attached hydrogen (secondary N) is 1. The number of benzene rings is 1. The third kappa shape index (κ3) is 6.08. The van der Waals surface area contributed by atoms with Gasteiger partial charge >= 0.3 is 0 Å². The Morgan fingerprint density at radius 3 is 2.90 bits per heavy atom. The van der Waals surface area contributed by atoms with Gasteiger partial charge in [0.1, 0.15) is 35.8 Å². The molecule has 0 radical (unpaired) electrons. The summed E-state index contributed by atoms with van der Waals surface area (Å²) in [5.41, 5.74) is 0.386. The predicted octanol–water partition coefficient (Wildman–Crippen LogP) is 2.76. The van der Waals surface area contributed by atoms with Gasteiger partial charge in [-0.3, -0.25) is 0 Å². The van der Waals surface area contributed by atoms with Crippen LogP contribution >= 0.6 is 0 Å². The molecular weight excluding hydrogens is 372 g/mol. The van der Waals surface area contributed by atoms with Crippen LogP contribution in [0.4, 0.5) is 0 Å². The maximum Gasteiger partial charge on any atom is 0.144 e. The molecule has 0 amide bonds. The van der Waals surface area contributed by atoms with Crippen molar-refractivity contribution in [2.24, 2.45) is 0 Å². The number of carbonyl (C=O) groups excluding carboxylic acids is 1. The van der Waals surface area contributed by atoms with E-state index in [0.717, 1.165) is 6.29 Å². The van der Waals surface area contributed by atoms with Gasteiger partial charge in [-0.25, -0.2) is 0 Å². The van der Waals surface area contributed by atoms with Crippen molar-refractivity contribution in [1.82, 2.24) is 5.32 Å². The van der Waals surface area contributed by atoms with Gasteiger partial charge < -0.3 is 29.4 Å².